The average molecular weight is 184 g/mol. The third kappa shape index (κ3) is 3.68. The second kappa shape index (κ2) is 6.31. The minimum Gasteiger partial charge on any atom is -0.813 e. The first-order valence-electron chi connectivity index (χ1n) is 2.08. The van der Waals surface area contributed by atoms with Gasteiger partial charge >= 0.3 is 29.6 Å². The summed E-state index contributed by atoms with van der Waals surface area (Å²) in [7, 11) is 0. The molecule has 1 rings (SSSR count). The molecule has 0 bridgehead atoms. The molecule has 10 heavy (non-hydrogen) atoms. The largest absolute Gasteiger partial charge is 1.00 e. The summed E-state index contributed by atoms with van der Waals surface area (Å²) in [6.45, 7) is 0. The SMILES string of the molecule is Nc1ncc[c-]c1Cl.[Na+].[SH-]. The minimum atomic E-state index is 0. The predicted molar refractivity (Wildman–Crippen MR) is 41.3 cm³/mol. The van der Waals surface area contributed by atoms with Gasteiger partial charge in [-0.25, -0.2) is 0 Å². The number of hydrogen-bond acceptors (Lipinski definition) is 3. The Labute approximate surface area is 93.9 Å². The zero-order valence-corrected chi connectivity index (χ0v) is 9.15. The fourth-order valence-electron chi connectivity index (χ4n) is 0.359. The van der Waals surface area contributed by atoms with E-state index in [-0.39, 0.29) is 43.1 Å². The van der Waals surface area contributed by atoms with Gasteiger partial charge in [-0.3, -0.25) is 0 Å². The Hall–Kier alpha value is 0.590. The van der Waals surface area contributed by atoms with Crippen molar-refractivity contribution in [2.45, 2.75) is 0 Å². The Morgan fingerprint density at radius 2 is 2.20 bits per heavy atom. The van der Waals surface area contributed by atoms with Gasteiger partial charge < -0.3 is 24.2 Å². The molecule has 0 radical (unpaired) electrons. The fourth-order valence-corrected chi connectivity index (χ4v) is 0.470. The van der Waals surface area contributed by atoms with E-state index >= 15 is 0 Å². The summed E-state index contributed by atoms with van der Waals surface area (Å²) >= 11 is 5.47. The topological polar surface area (TPSA) is 38.9 Å². The Balaban J connectivity index is 0. The molecule has 0 atom stereocenters. The summed E-state index contributed by atoms with van der Waals surface area (Å²) in [6.07, 6.45) is 1.54. The van der Waals surface area contributed by atoms with E-state index in [0.29, 0.717) is 10.8 Å². The van der Waals surface area contributed by atoms with Crippen LogP contribution in [0.1, 0.15) is 0 Å². The molecule has 1 heterocycles. The van der Waals surface area contributed by atoms with Crippen LogP contribution < -0.4 is 35.3 Å². The van der Waals surface area contributed by atoms with Crippen LogP contribution in [0.2, 0.25) is 5.02 Å². The minimum absolute atomic E-state index is 0. The molecule has 0 aliphatic rings. The Kier molecular flexibility index (Phi) is 8.33. The number of pyridine rings is 1. The standard InChI is InChI=1S/C5H4ClN2.Na.H2S/c6-4-2-1-3-8-5(4)7;;/h1,3H,(H2,7,8);;1H2/q-1;+1;/p-1. The van der Waals surface area contributed by atoms with Crippen molar-refractivity contribution >= 4 is 30.9 Å². The van der Waals surface area contributed by atoms with Crippen molar-refractivity contribution in [1.82, 2.24) is 4.98 Å². The number of hydrogen-bond donors (Lipinski definition) is 1. The number of nitrogen functional groups attached to an aromatic ring is 1. The van der Waals surface area contributed by atoms with Crippen molar-refractivity contribution in [3.05, 3.63) is 23.4 Å². The third-order valence-electron chi connectivity index (χ3n) is 0.723. The van der Waals surface area contributed by atoms with Gasteiger partial charge in [-0.05, 0) is 5.02 Å². The van der Waals surface area contributed by atoms with E-state index in [1.165, 1.54) is 0 Å². The number of rotatable bonds is 0. The van der Waals surface area contributed by atoms with Crippen LogP contribution in [0.4, 0.5) is 5.82 Å². The number of nitrogens with two attached hydrogens (primary N) is 1. The first kappa shape index (κ1) is 13.2. The van der Waals surface area contributed by atoms with Crippen LogP contribution in [0.25, 0.3) is 0 Å². The molecule has 1 aromatic rings. The molecule has 2 nitrogen and oxygen atoms in total. The van der Waals surface area contributed by atoms with Gasteiger partial charge in [-0.15, -0.1) is 11.6 Å². The number of aromatic nitrogens is 1. The number of thiol groups is 1. The monoisotopic (exact) mass is 183 g/mol. The zero-order chi connectivity index (χ0) is 5.98. The van der Waals surface area contributed by atoms with Crippen molar-refractivity contribution in [2.75, 3.05) is 5.73 Å². The Bertz CT molecular complexity index is 176. The maximum atomic E-state index is 5.47. The molecule has 0 saturated heterocycles. The molecule has 0 aliphatic heterocycles. The van der Waals surface area contributed by atoms with Crippen molar-refractivity contribution in [3.8, 4) is 0 Å². The average Bonchev–Trinajstić information content (AvgIpc) is 1.77. The van der Waals surface area contributed by atoms with Crippen LogP contribution >= 0.6 is 11.6 Å². The second-order valence-corrected chi connectivity index (χ2v) is 1.67. The molecule has 1 aromatic heterocycles. The number of halogens is 1. The molecular weight excluding hydrogens is 179 g/mol. The molecule has 50 valence electrons. The maximum absolute atomic E-state index is 5.47. The van der Waals surface area contributed by atoms with Crippen LogP contribution in [0.3, 0.4) is 0 Å². The number of nitrogens with zero attached hydrogens (tertiary/aromatic N) is 1. The molecule has 0 amide bonds. The smallest absolute Gasteiger partial charge is 0.813 e. The molecule has 2 N–H and O–H groups in total. The molecule has 0 aliphatic carbocycles. The van der Waals surface area contributed by atoms with Crippen LogP contribution in [0, 0.1) is 6.07 Å². The first-order chi connectivity index (χ1) is 3.80. The molecular formula is C5H5ClN2NaS-. The summed E-state index contributed by atoms with van der Waals surface area (Å²) in [4.78, 5) is 3.69. The van der Waals surface area contributed by atoms with E-state index in [2.05, 4.69) is 11.1 Å². The molecule has 0 unspecified atom stereocenters. The van der Waals surface area contributed by atoms with E-state index < -0.39 is 0 Å². The number of anilines is 1. The van der Waals surface area contributed by atoms with Crippen LogP contribution in [-0.4, -0.2) is 4.98 Å². The molecule has 0 spiro atoms. The fraction of sp³-hybridized carbons (Fsp3) is 0. The van der Waals surface area contributed by atoms with Crippen LogP contribution in [0.15, 0.2) is 12.3 Å². The van der Waals surface area contributed by atoms with Gasteiger partial charge in [-0.2, -0.15) is 12.1 Å². The van der Waals surface area contributed by atoms with Crippen LogP contribution in [-0.2, 0) is 13.5 Å². The van der Waals surface area contributed by atoms with Gasteiger partial charge in [0, 0.05) is 5.82 Å². The van der Waals surface area contributed by atoms with Gasteiger partial charge in [0.2, 0.25) is 0 Å². The normalized spacial score (nSPS) is 7.30. The van der Waals surface area contributed by atoms with Crippen molar-refractivity contribution in [3.63, 3.8) is 0 Å². The summed E-state index contributed by atoms with van der Waals surface area (Å²) in [5, 5.41) is 0.382. The van der Waals surface area contributed by atoms with Crippen LogP contribution in [0.5, 0.6) is 0 Å². The maximum Gasteiger partial charge on any atom is 1.00 e. The Morgan fingerprint density at radius 1 is 1.60 bits per heavy atom. The quantitative estimate of drug-likeness (QED) is 0.216. The third-order valence-corrected chi connectivity index (χ3v) is 1.03. The van der Waals surface area contributed by atoms with Gasteiger partial charge in [0.1, 0.15) is 0 Å². The summed E-state index contributed by atoms with van der Waals surface area (Å²) in [5.74, 6) is 0.328. The van der Waals surface area contributed by atoms with E-state index in [9.17, 15) is 0 Å². The first-order valence-corrected chi connectivity index (χ1v) is 2.46. The Morgan fingerprint density at radius 3 is 2.50 bits per heavy atom. The molecule has 0 fully saturated rings. The predicted octanol–water partition coefficient (Wildman–Crippen LogP) is -2.15. The summed E-state index contributed by atoms with van der Waals surface area (Å²) in [5.41, 5.74) is 5.25. The molecule has 0 aromatic carbocycles. The molecule has 0 saturated carbocycles. The molecule has 5 heteroatoms. The summed E-state index contributed by atoms with van der Waals surface area (Å²) < 4.78 is 0. The van der Waals surface area contributed by atoms with Gasteiger partial charge in [0.15, 0.2) is 0 Å². The van der Waals surface area contributed by atoms with Gasteiger partial charge in [-0.1, -0.05) is 6.20 Å². The van der Waals surface area contributed by atoms with Gasteiger partial charge in [0.05, 0.1) is 0 Å². The second-order valence-electron chi connectivity index (χ2n) is 1.29. The van der Waals surface area contributed by atoms with E-state index in [1.54, 1.807) is 12.3 Å². The van der Waals surface area contributed by atoms with Gasteiger partial charge in [0.25, 0.3) is 0 Å². The zero-order valence-electron chi connectivity index (χ0n) is 5.50. The van der Waals surface area contributed by atoms with E-state index in [4.69, 9.17) is 17.3 Å². The van der Waals surface area contributed by atoms with Crippen molar-refractivity contribution in [1.29, 1.82) is 0 Å². The van der Waals surface area contributed by atoms with Crippen molar-refractivity contribution < 1.29 is 29.6 Å². The van der Waals surface area contributed by atoms with Crippen molar-refractivity contribution in [2.24, 2.45) is 0 Å². The van der Waals surface area contributed by atoms with E-state index in [1.807, 2.05) is 0 Å². The summed E-state index contributed by atoms with van der Waals surface area (Å²) in [6, 6.07) is 4.29. The van der Waals surface area contributed by atoms with E-state index in [0.717, 1.165) is 0 Å².